The second-order valence-electron chi connectivity index (χ2n) is 5.98. The number of hydrogen-bond donors (Lipinski definition) is 1. The van der Waals surface area contributed by atoms with E-state index in [4.69, 9.17) is 0 Å². The topological polar surface area (TPSA) is 45.2 Å². The maximum atomic E-state index is 11.9. The van der Waals surface area contributed by atoms with Gasteiger partial charge in [0.2, 0.25) is 5.91 Å². The van der Waals surface area contributed by atoms with Crippen molar-refractivity contribution in [3.05, 3.63) is 46.3 Å². The number of pyridine rings is 1. The van der Waals surface area contributed by atoms with Crippen LogP contribution in [0.25, 0.3) is 0 Å². The van der Waals surface area contributed by atoms with Crippen molar-refractivity contribution in [1.82, 2.24) is 10.3 Å². The first kappa shape index (κ1) is 16.0. The fraction of sp³-hybridized carbons (Fsp3) is 0.444. The van der Waals surface area contributed by atoms with Gasteiger partial charge in [0.1, 0.15) is 5.82 Å². The highest BCUT2D eigenvalue weighted by Gasteiger charge is 2.11. The molecule has 2 aromatic heterocycles. The van der Waals surface area contributed by atoms with Crippen LogP contribution in [0, 0.1) is 0 Å². The van der Waals surface area contributed by atoms with Crippen molar-refractivity contribution in [2.45, 2.75) is 38.6 Å². The normalized spacial score (nSPS) is 14.7. The summed E-state index contributed by atoms with van der Waals surface area (Å²) >= 11 is 1.67. The van der Waals surface area contributed by atoms with E-state index < -0.39 is 0 Å². The summed E-state index contributed by atoms with van der Waals surface area (Å²) in [5, 5.41) is 7.11. The molecule has 0 saturated carbocycles. The molecule has 5 heteroatoms. The van der Waals surface area contributed by atoms with Gasteiger partial charge in [0, 0.05) is 32.3 Å². The molecule has 4 nitrogen and oxygen atoms in total. The summed E-state index contributed by atoms with van der Waals surface area (Å²) in [7, 11) is 0. The number of carbonyl (C=O) groups is 1. The molecule has 1 saturated heterocycles. The zero-order valence-electron chi connectivity index (χ0n) is 13.3. The minimum absolute atomic E-state index is 0.0938. The molecule has 0 aliphatic carbocycles. The number of rotatable bonds is 6. The lowest BCUT2D eigenvalue weighted by Gasteiger charge is -2.27. The Hall–Kier alpha value is -1.88. The molecule has 1 N–H and O–H groups in total. The molecule has 3 rings (SSSR count). The molecule has 1 aliphatic heterocycles. The van der Waals surface area contributed by atoms with Gasteiger partial charge in [-0.15, -0.1) is 0 Å². The van der Waals surface area contributed by atoms with Crippen LogP contribution in [-0.2, 0) is 17.8 Å². The Labute approximate surface area is 141 Å². The monoisotopic (exact) mass is 329 g/mol. The number of nitrogens with zero attached hydrogens (tertiary/aromatic N) is 2. The summed E-state index contributed by atoms with van der Waals surface area (Å²) in [5.41, 5.74) is 2.28. The van der Waals surface area contributed by atoms with Crippen LogP contribution in [0.15, 0.2) is 35.2 Å². The SMILES string of the molecule is O=C(CCc1ccsc1)NCc1ccc(N2CCCCC2)nc1. The summed E-state index contributed by atoms with van der Waals surface area (Å²) in [6.07, 6.45) is 7.06. The lowest BCUT2D eigenvalue weighted by atomic mass is 10.1. The third-order valence-corrected chi connectivity index (χ3v) is 4.93. The Balaban J connectivity index is 1.43. The molecule has 0 unspecified atom stereocenters. The Kier molecular flexibility index (Phi) is 5.64. The van der Waals surface area contributed by atoms with Crippen LogP contribution in [-0.4, -0.2) is 24.0 Å². The number of thiophene rings is 1. The van der Waals surface area contributed by atoms with Gasteiger partial charge in [0.05, 0.1) is 0 Å². The largest absolute Gasteiger partial charge is 0.357 e. The smallest absolute Gasteiger partial charge is 0.220 e. The van der Waals surface area contributed by atoms with E-state index in [1.165, 1.54) is 24.8 Å². The van der Waals surface area contributed by atoms with E-state index in [1.54, 1.807) is 11.3 Å². The molecular weight excluding hydrogens is 306 g/mol. The number of aromatic nitrogens is 1. The fourth-order valence-corrected chi connectivity index (χ4v) is 3.52. The minimum atomic E-state index is 0.0938. The first-order chi connectivity index (χ1) is 11.3. The summed E-state index contributed by atoms with van der Waals surface area (Å²) in [6.45, 7) is 2.76. The third kappa shape index (κ3) is 4.79. The summed E-state index contributed by atoms with van der Waals surface area (Å²) < 4.78 is 0. The first-order valence-electron chi connectivity index (χ1n) is 8.29. The van der Waals surface area contributed by atoms with Gasteiger partial charge >= 0.3 is 0 Å². The van der Waals surface area contributed by atoms with Crippen LogP contribution in [0.1, 0.15) is 36.8 Å². The highest BCUT2D eigenvalue weighted by atomic mass is 32.1. The zero-order valence-corrected chi connectivity index (χ0v) is 14.1. The number of amides is 1. The molecule has 0 spiro atoms. The molecule has 0 aromatic carbocycles. The highest BCUT2D eigenvalue weighted by Crippen LogP contribution is 2.17. The van der Waals surface area contributed by atoms with Crippen molar-refractivity contribution in [2.24, 2.45) is 0 Å². The molecule has 23 heavy (non-hydrogen) atoms. The van der Waals surface area contributed by atoms with Gasteiger partial charge in [-0.2, -0.15) is 11.3 Å². The average molecular weight is 329 g/mol. The van der Waals surface area contributed by atoms with Crippen molar-refractivity contribution in [3.8, 4) is 0 Å². The summed E-state index contributed by atoms with van der Waals surface area (Å²) in [6, 6.07) is 6.20. The van der Waals surface area contributed by atoms with Crippen LogP contribution in [0.5, 0.6) is 0 Å². The van der Waals surface area contributed by atoms with Crippen molar-refractivity contribution in [1.29, 1.82) is 0 Å². The molecule has 1 fully saturated rings. The molecular formula is C18H23N3OS. The molecule has 122 valence electrons. The van der Waals surface area contributed by atoms with Gasteiger partial charge in [0.15, 0.2) is 0 Å². The predicted molar refractivity (Wildman–Crippen MR) is 94.8 cm³/mol. The van der Waals surface area contributed by atoms with Crippen molar-refractivity contribution in [3.63, 3.8) is 0 Å². The minimum Gasteiger partial charge on any atom is -0.357 e. The second-order valence-corrected chi connectivity index (χ2v) is 6.76. The van der Waals surface area contributed by atoms with E-state index in [9.17, 15) is 4.79 Å². The number of nitrogens with one attached hydrogen (secondary N) is 1. The van der Waals surface area contributed by atoms with E-state index >= 15 is 0 Å². The van der Waals surface area contributed by atoms with Crippen LogP contribution in [0.3, 0.4) is 0 Å². The molecule has 0 bridgehead atoms. The number of carbonyl (C=O) groups excluding carboxylic acids is 1. The molecule has 1 aliphatic rings. The van der Waals surface area contributed by atoms with Crippen LogP contribution < -0.4 is 10.2 Å². The molecule has 0 atom stereocenters. The van der Waals surface area contributed by atoms with E-state index in [2.05, 4.69) is 38.8 Å². The Morgan fingerprint density at radius 1 is 1.17 bits per heavy atom. The number of aryl methyl sites for hydroxylation is 1. The van der Waals surface area contributed by atoms with Crippen LogP contribution in [0.2, 0.25) is 0 Å². The zero-order chi connectivity index (χ0) is 15.9. The van der Waals surface area contributed by atoms with Gasteiger partial charge in [-0.1, -0.05) is 6.07 Å². The fourth-order valence-electron chi connectivity index (χ4n) is 2.81. The van der Waals surface area contributed by atoms with Gasteiger partial charge < -0.3 is 10.2 Å². The van der Waals surface area contributed by atoms with Crippen molar-refractivity contribution >= 4 is 23.1 Å². The second kappa shape index (κ2) is 8.11. The average Bonchev–Trinajstić information content (AvgIpc) is 3.13. The molecule has 3 heterocycles. The maximum Gasteiger partial charge on any atom is 0.220 e. The summed E-state index contributed by atoms with van der Waals surface area (Å²) in [5.74, 6) is 1.15. The Bertz CT molecular complexity index is 604. The predicted octanol–water partition coefficient (Wildman–Crippen LogP) is 3.38. The van der Waals surface area contributed by atoms with E-state index in [0.717, 1.165) is 30.9 Å². The number of anilines is 1. The van der Waals surface area contributed by atoms with Gasteiger partial charge in [-0.3, -0.25) is 4.79 Å². The lowest BCUT2D eigenvalue weighted by molar-refractivity contribution is -0.121. The number of hydrogen-bond acceptors (Lipinski definition) is 4. The summed E-state index contributed by atoms with van der Waals surface area (Å²) in [4.78, 5) is 18.8. The molecule has 2 aromatic rings. The highest BCUT2D eigenvalue weighted by molar-refractivity contribution is 7.07. The quantitative estimate of drug-likeness (QED) is 0.883. The maximum absolute atomic E-state index is 11.9. The van der Waals surface area contributed by atoms with Crippen molar-refractivity contribution < 1.29 is 4.79 Å². The Morgan fingerprint density at radius 2 is 2.04 bits per heavy atom. The van der Waals surface area contributed by atoms with Gasteiger partial charge in [-0.25, -0.2) is 4.98 Å². The van der Waals surface area contributed by atoms with Crippen molar-refractivity contribution in [2.75, 3.05) is 18.0 Å². The third-order valence-electron chi connectivity index (χ3n) is 4.20. The lowest BCUT2D eigenvalue weighted by Crippen LogP contribution is -2.30. The molecule has 1 amide bonds. The van der Waals surface area contributed by atoms with E-state index in [-0.39, 0.29) is 5.91 Å². The van der Waals surface area contributed by atoms with Gasteiger partial charge in [-0.05, 0) is 59.7 Å². The molecule has 0 radical (unpaired) electrons. The standard InChI is InChI=1S/C18H23N3OS/c22-18(7-5-15-8-11-23-14-15)20-13-16-4-6-17(19-12-16)21-9-2-1-3-10-21/h4,6,8,11-12,14H,1-3,5,7,9-10,13H2,(H,20,22). The Morgan fingerprint density at radius 3 is 2.74 bits per heavy atom. The van der Waals surface area contributed by atoms with Crippen LogP contribution >= 0.6 is 11.3 Å². The van der Waals surface area contributed by atoms with E-state index in [0.29, 0.717) is 13.0 Å². The first-order valence-corrected chi connectivity index (χ1v) is 9.23. The van der Waals surface area contributed by atoms with E-state index in [1.807, 2.05) is 11.6 Å². The number of piperidine rings is 1. The van der Waals surface area contributed by atoms with Gasteiger partial charge in [0.25, 0.3) is 0 Å². The van der Waals surface area contributed by atoms with Crippen LogP contribution in [0.4, 0.5) is 5.82 Å².